The second kappa shape index (κ2) is 7.17. The van der Waals surface area contributed by atoms with Crippen LogP contribution in [0.2, 0.25) is 10.0 Å². The molecule has 1 aromatic carbocycles. The summed E-state index contributed by atoms with van der Waals surface area (Å²) in [5, 5.41) is 1.08. The summed E-state index contributed by atoms with van der Waals surface area (Å²) in [5.74, 6) is 1.24. The minimum atomic E-state index is 0.511. The van der Waals surface area contributed by atoms with Crippen molar-refractivity contribution in [2.24, 2.45) is 5.73 Å². The van der Waals surface area contributed by atoms with Crippen molar-refractivity contribution in [3.8, 4) is 22.6 Å². The smallest absolute Gasteiger partial charge is 0.225 e. The SMILES string of the molecule is CN(CCN)c1ncc(-c2ncc[nH]2)c(-c2ccc(Cl)cc2Cl)n1. The van der Waals surface area contributed by atoms with E-state index in [9.17, 15) is 0 Å². The van der Waals surface area contributed by atoms with Crippen LogP contribution in [0.25, 0.3) is 22.6 Å². The van der Waals surface area contributed by atoms with Crippen LogP contribution in [0.15, 0.2) is 36.8 Å². The van der Waals surface area contributed by atoms with Gasteiger partial charge >= 0.3 is 0 Å². The third kappa shape index (κ3) is 3.36. The summed E-state index contributed by atoms with van der Waals surface area (Å²) >= 11 is 12.4. The van der Waals surface area contributed by atoms with Gasteiger partial charge in [-0.1, -0.05) is 23.2 Å². The molecule has 2 heterocycles. The number of rotatable bonds is 5. The molecule has 0 aliphatic carbocycles. The number of hydrogen-bond donors (Lipinski definition) is 2. The van der Waals surface area contributed by atoms with E-state index >= 15 is 0 Å². The van der Waals surface area contributed by atoms with E-state index in [0.717, 1.165) is 11.1 Å². The fourth-order valence-corrected chi connectivity index (χ4v) is 2.82. The van der Waals surface area contributed by atoms with E-state index in [4.69, 9.17) is 28.9 Å². The monoisotopic (exact) mass is 362 g/mol. The van der Waals surface area contributed by atoms with Gasteiger partial charge in [0.2, 0.25) is 5.95 Å². The Labute approximate surface area is 149 Å². The van der Waals surface area contributed by atoms with Crippen molar-refractivity contribution in [2.75, 3.05) is 25.0 Å². The molecule has 3 N–H and O–H groups in total. The minimum absolute atomic E-state index is 0.511. The van der Waals surface area contributed by atoms with Crippen LogP contribution < -0.4 is 10.6 Å². The number of hydrogen-bond acceptors (Lipinski definition) is 5. The predicted molar refractivity (Wildman–Crippen MR) is 97.4 cm³/mol. The van der Waals surface area contributed by atoms with Crippen molar-refractivity contribution in [1.29, 1.82) is 0 Å². The number of anilines is 1. The van der Waals surface area contributed by atoms with Crippen LogP contribution in [0, 0.1) is 0 Å². The molecule has 3 aromatic rings. The molecule has 0 atom stereocenters. The average Bonchev–Trinajstić information content (AvgIpc) is 3.09. The van der Waals surface area contributed by atoms with Gasteiger partial charge in [0, 0.05) is 49.3 Å². The van der Waals surface area contributed by atoms with Crippen LogP contribution in [0.1, 0.15) is 0 Å². The van der Waals surface area contributed by atoms with Crippen molar-refractivity contribution in [3.63, 3.8) is 0 Å². The zero-order valence-electron chi connectivity index (χ0n) is 13.0. The lowest BCUT2D eigenvalue weighted by Crippen LogP contribution is -2.26. The Balaban J connectivity index is 2.17. The fraction of sp³-hybridized carbons (Fsp3) is 0.188. The summed E-state index contributed by atoms with van der Waals surface area (Å²) in [6.07, 6.45) is 5.16. The molecule has 0 radical (unpaired) electrons. The molecule has 0 spiro atoms. The van der Waals surface area contributed by atoms with Crippen LogP contribution in [-0.4, -0.2) is 40.1 Å². The first-order valence-electron chi connectivity index (χ1n) is 7.33. The number of halogens is 2. The zero-order valence-corrected chi connectivity index (χ0v) is 14.5. The molecular weight excluding hydrogens is 347 g/mol. The van der Waals surface area contributed by atoms with Crippen LogP contribution in [0.5, 0.6) is 0 Å². The molecule has 124 valence electrons. The number of aromatic amines is 1. The quantitative estimate of drug-likeness (QED) is 0.727. The highest BCUT2D eigenvalue weighted by atomic mass is 35.5. The maximum Gasteiger partial charge on any atom is 0.225 e. The average molecular weight is 363 g/mol. The van der Waals surface area contributed by atoms with Gasteiger partial charge in [0.05, 0.1) is 16.3 Å². The number of nitrogens with two attached hydrogens (primary N) is 1. The minimum Gasteiger partial charge on any atom is -0.345 e. The molecule has 0 unspecified atom stereocenters. The highest BCUT2D eigenvalue weighted by molar-refractivity contribution is 6.36. The first-order valence-corrected chi connectivity index (χ1v) is 8.09. The second-order valence-electron chi connectivity index (χ2n) is 5.20. The third-order valence-corrected chi connectivity index (χ3v) is 4.07. The lowest BCUT2D eigenvalue weighted by Gasteiger charge is -2.18. The summed E-state index contributed by atoms with van der Waals surface area (Å²) in [7, 11) is 1.89. The second-order valence-corrected chi connectivity index (χ2v) is 6.05. The molecular formula is C16H16Cl2N6. The largest absolute Gasteiger partial charge is 0.345 e. The molecule has 24 heavy (non-hydrogen) atoms. The van der Waals surface area contributed by atoms with E-state index in [2.05, 4.69) is 19.9 Å². The lowest BCUT2D eigenvalue weighted by atomic mass is 10.1. The van der Waals surface area contributed by atoms with E-state index < -0.39 is 0 Å². The Morgan fingerprint density at radius 2 is 2.04 bits per heavy atom. The lowest BCUT2D eigenvalue weighted by molar-refractivity contribution is 0.847. The van der Waals surface area contributed by atoms with Crippen LogP contribution in [-0.2, 0) is 0 Å². The topological polar surface area (TPSA) is 83.7 Å². The number of benzene rings is 1. The zero-order chi connectivity index (χ0) is 17.1. The standard InChI is InChI=1S/C16H16Cl2N6/c1-24(7-4-19)16-22-9-12(15-20-5-6-21-15)14(23-16)11-3-2-10(17)8-13(11)18/h2-3,5-6,8-9H,4,7,19H2,1H3,(H,20,21). The predicted octanol–water partition coefficient (Wildman–Crippen LogP) is 3.24. The molecule has 3 rings (SSSR count). The number of nitrogens with one attached hydrogen (secondary N) is 1. The first kappa shape index (κ1) is 16.7. The van der Waals surface area contributed by atoms with Crippen molar-refractivity contribution in [3.05, 3.63) is 46.8 Å². The Kier molecular flexibility index (Phi) is 4.99. The fourth-order valence-electron chi connectivity index (χ4n) is 2.32. The van der Waals surface area contributed by atoms with Gasteiger partial charge in [-0.05, 0) is 18.2 Å². The van der Waals surface area contributed by atoms with Gasteiger partial charge in [0.25, 0.3) is 0 Å². The molecule has 0 aliphatic heterocycles. The molecule has 2 aromatic heterocycles. The highest BCUT2D eigenvalue weighted by Gasteiger charge is 2.17. The maximum atomic E-state index is 6.38. The summed E-state index contributed by atoms with van der Waals surface area (Å²) in [5.41, 5.74) is 7.82. The summed E-state index contributed by atoms with van der Waals surface area (Å²) in [6.45, 7) is 1.16. The van der Waals surface area contributed by atoms with Crippen molar-refractivity contribution >= 4 is 29.2 Å². The summed E-state index contributed by atoms with van der Waals surface area (Å²) in [4.78, 5) is 18.4. The van der Waals surface area contributed by atoms with Gasteiger partial charge < -0.3 is 15.6 Å². The third-order valence-electron chi connectivity index (χ3n) is 3.52. The molecule has 0 aliphatic rings. The van der Waals surface area contributed by atoms with Gasteiger partial charge in [0.1, 0.15) is 5.82 Å². The molecule has 6 nitrogen and oxygen atoms in total. The Bertz CT molecular complexity index is 835. The van der Waals surface area contributed by atoms with Gasteiger partial charge in [-0.25, -0.2) is 15.0 Å². The Morgan fingerprint density at radius 1 is 1.21 bits per heavy atom. The van der Waals surface area contributed by atoms with Crippen LogP contribution in [0.4, 0.5) is 5.95 Å². The number of imidazole rings is 1. The number of aromatic nitrogens is 4. The van der Waals surface area contributed by atoms with Gasteiger partial charge in [-0.15, -0.1) is 0 Å². The number of H-pyrrole nitrogens is 1. The Morgan fingerprint density at radius 3 is 2.71 bits per heavy atom. The van der Waals surface area contributed by atoms with Crippen LogP contribution in [0.3, 0.4) is 0 Å². The normalized spacial score (nSPS) is 10.8. The number of nitrogens with zero attached hydrogens (tertiary/aromatic N) is 4. The molecule has 0 saturated heterocycles. The van der Waals surface area contributed by atoms with Crippen molar-refractivity contribution in [1.82, 2.24) is 19.9 Å². The van der Waals surface area contributed by atoms with E-state index in [1.54, 1.807) is 30.7 Å². The van der Waals surface area contributed by atoms with E-state index in [0.29, 0.717) is 40.6 Å². The Hall–Kier alpha value is -2.15. The summed E-state index contributed by atoms with van der Waals surface area (Å²) < 4.78 is 0. The summed E-state index contributed by atoms with van der Waals surface area (Å²) in [6, 6.07) is 5.31. The first-order chi connectivity index (χ1) is 11.6. The van der Waals surface area contributed by atoms with Crippen LogP contribution >= 0.6 is 23.2 Å². The van der Waals surface area contributed by atoms with Gasteiger partial charge in [0.15, 0.2) is 0 Å². The van der Waals surface area contributed by atoms with Gasteiger partial charge in [-0.2, -0.15) is 0 Å². The molecule has 0 amide bonds. The van der Waals surface area contributed by atoms with E-state index in [1.807, 2.05) is 18.0 Å². The van der Waals surface area contributed by atoms with E-state index in [-0.39, 0.29) is 0 Å². The molecule has 0 fully saturated rings. The van der Waals surface area contributed by atoms with Crippen molar-refractivity contribution < 1.29 is 0 Å². The number of likely N-dealkylation sites (N-methyl/N-ethyl adjacent to an activating group) is 1. The maximum absolute atomic E-state index is 6.38. The van der Waals surface area contributed by atoms with Gasteiger partial charge in [-0.3, -0.25) is 0 Å². The molecule has 8 heteroatoms. The van der Waals surface area contributed by atoms with E-state index in [1.165, 1.54) is 0 Å². The molecule has 0 bridgehead atoms. The van der Waals surface area contributed by atoms with Crippen molar-refractivity contribution in [2.45, 2.75) is 0 Å². The molecule has 0 saturated carbocycles. The highest BCUT2D eigenvalue weighted by Crippen LogP contribution is 2.35.